The zero-order valence-corrected chi connectivity index (χ0v) is 11.5. The molecule has 2 rings (SSSR count). The number of halogens is 1. The summed E-state index contributed by atoms with van der Waals surface area (Å²) in [5.74, 6) is 2.32. The van der Waals surface area contributed by atoms with Crippen LogP contribution < -0.4 is 0 Å². The molecule has 3 atom stereocenters. The van der Waals surface area contributed by atoms with Gasteiger partial charge in [-0.05, 0) is 17.7 Å². The van der Waals surface area contributed by atoms with Crippen LogP contribution in [-0.4, -0.2) is 27.1 Å². The highest BCUT2D eigenvalue weighted by Crippen LogP contribution is 2.38. The first-order valence-corrected chi connectivity index (χ1v) is 7.83. The van der Waals surface area contributed by atoms with E-state index in [1.54, 1.807) is 0 Å². The lowest BCUT2D eigenvalue weighted by atomic mass is 10.0. The topological polar surface area (TPSA) is 20.2 Å². The first-order valence-electron chi connectivity index (χ1n) is 5.35. The molecule has 88 valence electrons. The van der Waals surface area contributed by atoms with Crippen molar-refractivity contribution >= 4 is 35.1 Å². The van der Waals surface area contributed by atoms with Gasteiger partial charge in [0.25, 0.3) is 0 Å². The van der Waals surface area contributed by atoms with Gasteiger partial charge in [-0.1, -0.05) is 30.7 Å². The maximum atomic E-state index is 10.3. The molecule has 16 heavy (non-hydrogen) atoms. The molecular formula is C12H15ClOS2. The van der Waals surface area contributed by atoms with Crippen LogP contribution in [0.3, 0.4) is 0 Å². The van der Waals surface area contributed by atoms with E-state index in [1.165, 1.54) is 5.75 Å². The van der Waals surface area contributed by atoms with Crippen LogP contribution in [0.1, 0.15) is 18.6 Å². The molecule has 0 aliphatic carbocycles. The number of hydrogen-bond donors (Lipinski definition) is 1. The Balaban J connectivity index is 2.11. The van der Waals surface area contributed by atoms with Gasteiger partial charge in [-0.3, -0.25) is 0 Å². The number of rotatable bonds is 2. The predicted molar refractivity (Wildman–Crippen MR) is 74.6 cm³/mol. The van der Waals surface area contributed by atoms with E-state index in [2.05, 4.69) is 6.92 Å². The third-order valence-electron chi connectivity index (χ3n) is 2.76. The minimum Gasteiger partial charge on any atom is -0.387 e. The molecule has 0 bridgehead atoms. The summed E-state index contributed by atoms with van der Waals surface area (Å²) in [5.41, 5.74) is 0.969. The summed E-state index contributed by atoms with van der Waals surface area (Å²) in [7, 11) is 0. The minimum absolute atomic E-state index is 0.292. The third-order valence-corrected chi connectivity index (χ3v) is 6.19. The fourth-order valence-corrected chi connectivity index (χ4v) is 4.81. The van der Waals surface area contributed by atoms with Crippen LogP contribution in [0.4, 0.5) is 0 Å². The van der Waals surface area contributed by atoms with Gasteiger partial charge in [-0.15, -0.1) is 0 Å². The van der Waals surface area contributed by atoms with Crippen molar-refractivity contribution in [2.75, 3.05) is 11.5 Å². The summed E-state index contributed by atoms with van der Waals surface area (Å²) >= 11 is 9.66. The monoisotopic (exact) mass is 274 g/mol. The number of thioether (sulfide) groups is 2. The first-order chi connectivity index (χ1) is 7.68. The molecule has 1 aromatic rings. The van der Waals surface area contributed by atoms with E-state index in [0.29, 0.717) is 10.5 Å². The molecule has 0 amide bonds. The van der Waals surface area contributed by atoms with E-state index in [-0.39, 0.29) is 6.10 Å². The summed E-state index contributed by atoms with van der Waals surface area (Å²) in [6.07, 6.45) is -0.384. The summed E-state index contributed by atoms with van der Waals surface area (Å²) in [4.78, 5) is 0. The van der Waals surface area contributed by atoms with E-state index in [9.17, 15) is 5.11 Å². The average molecular weight is 275 g/mol. The Bertz CT molecular complexity index is 341. The van der Waals surface area contributed by atoms with Gasteiger partial charge in [0.05, 0.1) is 6.10 Å². The van der Waals surface area contributed by atoms with Crippen molar-refractivity contribution in [3.63, 3.8) is 0 Å². The standard InChI is InChI=1S/C12H15ClOS2/c1-8-12(16-7-6-15-8)11(14)9-2-4-10(13)5-3-9/h2-5,8,11-12,14H,6-7H2,1H3. The van der Waals surface area contributed by atoms with Crippen molar-refractivity contribution in [1.82, 2.24) is 0 Å². The number of benzene rings is 1. The van der Waals surface area contributed by atoms with Gasteiger partial charge in [0.15, 0.2) is 0 Å². The highest BCUT2D eigenvalue weighted by atomic mass is 35.5. The van der Waals surface area contributed by atoms with E-state index in [0.717, 1.165) is 16.3 Å². The van der Waals surface area contributed by atoms with Crippen LogP contribution in [-0.2, 0) is 0 Å². The Morgan fingerprint density at radius 3 is 2.50 bits per heavy atom. The van der Waals surface area contributed by atoms with Crippen molar-refractivity contribution in [2.24, 2.45) is 0 Å². The molecule has 1 saturated heterocycles. The molecule has 1 heterocycles. The Hall–Kier alpha value is 0.170. The number of aliphatic hydroxyl groups is 1. The van der Waals surface area contributed by atoms with E-state index >= 15 is 0 Å². The maximum absolute atomic E-state index is 10.3. The van der Waals surface area contributed by atoms with Gasteiger partial charge in [0.1, 0.15) is 0 Å². The molecule has 4 heteroatoms. The van der Waals surface area contributed by atoms with Crippen LogP contribution in [0.25, 0.3) is 0 Å². The molecule has 1 N–H and O–H groups in total. The second-order valence-corrected chi connectivity index (χ2v) is 7.12. The van der Waals surface area contributed by atoms with E-state index < -0.39 is 0 Å². The normalized spacial score (nSPS) is 27.7. The van der Waals surface area contributed by atoms with Gasteiger partial charge < -0.3 is 5.11 Å². The summed E-state index contributed by atoms with van der Waals surface area (Å²) < 4.78 is 0. The summed E-state index contributed by atoms with van der Waals surface area (Å²) in [5, 5.41) is 11.8. The van der Waals surface area contributed by atoms with Crippen LogP contribution in [0.15, 0.2) is 24.3 Å². The van der Waals surface area contributed by atoms with Crippen LogP contribution in [0.5, 0.6) is 0 Å². The quantitative estimate of drug-likeness (QED) is 0.890. The molecule has 3 unspecified atom stereocenters. The van der Waals surface area contributed by atoms with Gasteiger partial charge in [-0.2, -0.15) is 23.5 Å². The Morgan fingerprint density at radius 2 is 1.88 bits per heavy atom. The number of aliphatic hydroxyl groups excluding tert-OH is 1. The molecule has 1 aliphatic rings. The largest absolute Gasteiger partial charge is 0.387 e. The SMILES string of the molecule is CC1SCCSC1C(O)c1ccc(Cl)cc1. The third kappa shape index (κ3) is 2.89. The second-order valence-electron chi connectivity index (χ2n) is 3.91. The summed E-state index contributed by atoms with van der Waals surface area (Å²) in [6, 6.07) is 7.51. The lowest BCUT2D eigenvalue weighted by Crippen LogP contribution is -2.29. The molecule has 1 aliphatic heterocycles. The highest BCUT2D eigenvalue weighted by Gasteiger charge is 2.29. The fraction of sp³-hybridized carbons (Fsp3) is 0.500. The fourth-order valence-electron chi connectivity index (χ4n) is 1.85. The number of hydrogen-bond acceptors (Lipinski definition) is 3. The van der Waals surface area contributed by atoms with Crippen molar-refractivity contribution < 1.29 is 5.11 Å². The average Bonchev–Trinajstić information content (AvgIpc) is 2.30. The minimum atomic E-state index is -0.384. The predicted octanol–water partition coefficient (Wildman–Crippen LogP) is 3.61. The lowest BCUT2D eigenvalue weighted by molar-refractivity contribution is 0.174. The van der Waals surface area contributed by atoms with Crippen molar-refractivity contribution in [1.29, 1.82) is 0 Å². The lowest BCUT2D eigenvalue weighted by Gasteiger charge is -2.31. The van der Waals surface area contributed by atoms with Crippen LogP contribution in [0, 0.1) is 0 Å². The van der Waals surface area contributed by atoms with Crippen molar-refractivity contribution in [2.45, 2.75) is 23.5 Å². The van der Waals surface area contributed by atoms with E-state index in [4.69, 9.17) is 11.6 Å². The maximum Gasteiger partial charge on any atom is 0.0919 e. The van der Waals surface area contributed by atoms with Crippen molar-refractivity contribution in [3.8, 4) is 0 Å². The molecule has 1 nitrogen and oxygen atoms in total. The van der Waals surface area contributed by atoms with Crippen LogP contribution in [0.2, 0.25) is 5.02 Å². The van der Waals surface area contributed by atoms with Crippen LogP contribution >= 0.6 is 35.1 Å². The molecule has 1 fully saturated rings. The van der Waals surface area contributed by atoms with Gasteiger partial charge in [0.2, 0.25) is 0 Å². The van der Waals surface area contributed by atoms with Crippen molar-refractivity contribution in [3.05, 3.63) is 34.9 Å². The highest BCUT2D eigenvalue weighted by molar-refractivity contribution is 8.07. The molecule has 0 saturated carbocycles. The zero-order chi connectivity index (χ0) is 11.5. The zero-order valence-electron chi connectivity index (χ0n) is 9.10. The first kappa shape index (κ1) is 12.6. The molecule has 1 aromatic carbocycles. The Labute approximate surface area is 110 Å². The second kappa shape index (κ2) is 5.67. The molecule has 0 radical (unpaired) electrons. The Morgan fingerprint density at radius 1 is 1.25 bits per heavy atom. The molecule has 0 aromatic heterocycles. The van der Waals surface area contributed by atoms with Gasteiger partial charge >= 0.3 is 0 Å². The van der Waals surface area contributed by atoms with Gasteiger partial charge in [0, 0.05) is 27.0 Å². The molecule has 0 spiro atoms. The van der Waals surface area contributed by atoms with Gasteiger partial charge in [-0.25, -0.2) is 0 Å². The Kier molecular flexibility index (Phi) is 4.48. The molecular weight excluding hydrogens is 260 g/mol. The van der Waals surface area contributed by atoms with E-state index in [1.807, 2.05) is 47.8 Å². The summed E-state index contributed by atoms with van der Waals surface area (Å²) in [6.45, 7) is 2.20. The smallest absolute Gasteiger partial charge is 0.0919 e.